The Morgan fingerprint density at radius 1 is 1.71 bits per heavy atom. The van der Waals surface area contributed by atoms with E-state index in [0.29, 0.717) is 12.4 Å². The number of carbonyl (C=O) groups is 1. The Labute approximate surface area is 80.3 Å². The smallest absolute Gasteiger partial charge is 0.320 e. The molecule has 0 bridgehead atoms. The normalized spacial score (nSPS) is 18.1. The number of urea groups is 1. The van der Waals surface area contributed by atoms with Gasteiger partial charge in [0.1, 0.15) is 11.9 Å². The second-order valence-corrected chi connectivity index (χ2v) is 2.81. The summed E-state index contributed by atoms with van der Waals surface area (Å²) in [6.07, 6.45) is 5.03. The molecule has 1 aromatic heterocycles. The molecule has 2 amide bonds. The van der Waals surface area contributed by atoms with Crippen LogP contribution < -0.4 is 10.6 Å². The minimum Gasteiger partial charge on any atom is -0.492 e. The fourth-order valence-corrected chi connectivity index (χ4v) is 0.991. The van der Waals surface area contributed by atoms with Crippen LogP contribution in [0.25, 0.3) is 0 Å². The van der Waals surface area contributed by atoms with Crippen molar-refractivity contribution in [2.75, 3.05) is 11.9 Å². The van der Waals surface area contributed by atoms with E-state index in [9.17, 15) is 4.79 Å². The average molecular weight is 194 g/mol. The van der Waals surface area contributed by atoms with Crippen LogP contribution in [0, 0.1) is 0 Å². The van der Waals surface area contributed by atoms with E-state index < -0.39 is 0 Å². The van der Waals surface area contributed by atoms with Gasteiger partial charge in [0, 0.05) is 6.07 Å². The number of rotatable bonds is 3. The molecule has 0 aliphatic carbocycles. The molecule has 3 N–H and O–H groups in total. The number of nitrogens with zero attached hydrogens (tertiary/aromatic N) is 1. The number of amides is 2. The molecule has 1 atom stereocenters. The molecule has 0 saturated carbocycles. The molecule has 1 aliphatic rings. The number of aromatic amines is 1. The third-order valence-corrected chi connectivity index (χ3v) is 1.76. The van der Waals surface area contributed by atoms with E-state index >= 15 is 0 Å². The number of ether oxygens (including phenoxy) is 1. The minimum absolute atomic E-state index is 0.00233. The van der Waals surface area contributed by atoms with Crippen LogP contribution in [0.5, 0.6) is 0 Å². The predicted octanol–water partition coefficient (Wildman–Crippen LogP) is 0.444. The van der Waals surface area contributed by atoms with Crippen molar-refractivity contribution in [3.63, 3.8) is 0 Å². The van der Waals surface area contributed by atoms with Crippen LogP contribution in [-0.2, 0) is 4.74 Å². The molecule has 14 heavy (non-hydrogen) atoms. The molecule has 0 radical (unpaired) electrons. The van der Waals surface area contributed by atoms with Gasteiger partial charge >= 0.3 is 6.03 Å². The summed E-state index contributed by atoms with van der Waals surface area (Å²) in [7, 11) is 0. The van der Waals surface area contributed by atoms with Crippen LogP contribution >= 0.6 is 0 Å². The second-order valence-electron chi connectivity index (χ2n) is 2.81. The second kappa shape index (κ2) is 3.82. The summed E-state index contributed by atoms with van der Waals surface area (Å²) >= 11 is 0. The summed E-state index contributed by atoms with van der Waals surface area (Å²) in [5, 5.41) is 11.5. The Bertz CT molecular complexity index is 333. The molecule has 0 unspecified atom stereocenters. The van der Waals surface area contributed by atoms with Gasteiger partial charge in [-0.2, -0.15) is 5.10 Å². The van der Waals surface area contributed by atoms with Crippen molar-refractivity contribution in [2.24, 2.45) is 0 Å². The first-order chi connectivity index (χ1) is 6.84. The molecular formula is C8H10N4O2. The SMILES string of the molecule is O=C(NC[C@@H]1C=CO1)Nc1ccn[nH]1. The summed E-state index contributed by atoms with van der Waals surface area (Å²) in [6, 6.07) is 1.39. The zero-order chi connectivity index (χ0) is 9.80. The first kappa shape index (κ1) is 8.61. The van der Waals surface area contributed by atoms with Crippen molar-refractivity contribution in [3.8, 4) is 0 Å². The molecule has 2 heterocycles. The van der Waals surface area contributed by atoms with Crippen LogP contribution in [0.1, 0.15) is 0 Å². The standard InChI is InChI=1S/C8H10N4O2/c13-8(9-5-6-2-4-14-6)11-7-1-3-10-12-7/h1-4,6H,5H2,(H3,9,10,11,12,13)/t6-/m0/s1. The summed E-state index contributed by atoms with van der Waals surface area (Å²) in [5.41, 5.74) is 0. The lowest BCUT2D eigenvalue weighted by atomic mass is 10.3. The quantitative estimate of drug-likeness (QED) is 0.653. The number of anilines is 1. The van der Waals surface area contributed by atoms with E-state index in [1.165, 1.54) is 0 Å². The first-order valence-electron chi connectivity index (χ1n) is 4.21. The lowest BCUT2D eigenvalue weighted by Gasteiger charge is -2.19. The highest BCUT2D eigenvalue weighted by atomic mass is 16.5. The van der Waals surface area contributed by atoms with Gasteiger partial charge in [-0.3, -0.25) is 10.4 Å². The summed E-state index contributed by atoms with van der Waals surface area (Å²) in [5.74, 6) is 0.563. The fourth-order valence-electron chi connectivity index (χ4n) is 0.991. The summed E-state index contributed by atoms with van der Waals surface area (Å²) in [4.78, 5) is 11.2. The molecule has 0 fully saturated rings. The molecule has 2 rings (SSSR count). The molecular weight excluding hydrogens is 184 g/mol. The van der Waals surface area contributed by atoms with Crippen LogP contribution in [0.2, 0.25) is 0 Å². The fraction of sp³-hybridized carbons (Fsp3) is 0.250. The van der Waals surface area contributed by atoms with Gasteiger partial charge in [0.25, 0.3) is 0 Å². The number of H-pyrrole nitrogens is 1. The van der Waals surface area contributed by atoms with E-state index in [4.69, 9.17) is 4.74 Å². The predicted molar refractivity (Wildman–Crippen MR) is 49.6 cm³/mol. The largest absolute Gasteiger partial charge is 0.492 e. The van der Waals surface area contributed by atoms with Crippen LogP contribution in [0.4, 0.5) is 10.6 Å². The highest BCUT2D eigenvalue weighted by Crippen LogP contribution is 2.04. The number of hydrogen-bond acceptors (Lipinski definition) is 3. The van der Waals surface area contributed by atoms with E-state index in [2.05, 4.69) is 20.8 Å². The maximum absolute atomic E-state index is 11.2. The molecule has 0 spiro atoms. The number of hydrogen-bond donors (Lipinski definition) is 3. The van der Waals surface area contributed by atoms with Crippen LogP contribution in [0.3, 0.4) is 0 Å². The molecule has 0 saturated heterocycles. The molecule has 74 valence electrons. The zero-order valence-corrected chi connectivity index (χ0v) is 7.36. The van der Waals surface area contributed by atoms with Crippen molar-refractivity contribution in [3.05, 3.63) is 24.6 Å². The highest BCUT2D eigenvalue weighted by molar-refractivity contribution is 5.88. The number of carbonyl (C=O) groups excluding carboxylic acids is 1. The van der Waals surface area contributed by atoms with Crippen molar-refractivity contribution in [2.45, 2.75) is 6.10 Å². The van der Waals surface area contributed by atoms with Gasteiger partial charge in [-0.1, -0.05) is 0 Å². The van der Waals surface area contributed by atoms with Crippen molar-refractivity contribution in [1.29, 1.82) is 0 Å². The summed E-state index contributed by atoms with van der Waals surface area (Å²) < 4.78 is 4.97. The molecule has 1 aliphatic heterocycles. The Kier molecular flexibility index (Phi) is 2.35. The Hall–Kier alpha value is -1.98. The van der Waals surface area contributed by atoms with Gasteiger partial charge in [-0.15, -0.1) is 0 Å². The Morgan fingerprint density at radius 2 is 2.57 bits per heavy atom. The molecule has 6 nitrogen and oxygen atoms in total. The maximum atomic E-state index is 11.2. The van der Waals surface area contributed by atoms with Crippen LogP contribution in [0.15, 0.2) is 24.6 Å². The van der Waals surface area contributed by atoms with E-state index in [0.717, 1.165) is 0 Å². The van der Waals surface area contributed by atoms with E-state index in [1.807, 2.05) is 6.08 Å². The molecule has 0 aromatic carbocycles. The minimum atomic E-state index is -0.279. The maximum Gasteiger partial charge on any atom is 0.320 e. The molecule has 1 aromatic rings. The highest BCUT2D eigenvalue weighted by Gasteiger charge is 2.12. The van der Waals surface area contributed by atoms with Crippen molar-refractivity contribution < 1.29 is 9.53 Å². The lowest BCUT2D eigenvalue weighted by molar-refractivity contribution is 0.139. The van der Waals surface area contributed by atoms with E-state index in [1.54, 1.807) is 18.5 Å². The van der Waals surface area contributed by atoms with E-state index in [-0.39, 0.29) is 12.1 Å². The van der Waals surface area contributed by atoms with Gasteiger partial charge in [-0.25, -0.2) is 4.79 Å². The van der Waals surface area contributed by atoms with Gasteiger partial charge in [-0.05, 0) is 6.08 Å². The Morgan fingerprint density at radius 3 is 3.14 bits per heavy atom. The average Bonchev–Trinajstić information content (AvgIpc) is 2.54. The van der Waals surface area contributed by atoms with Crippen molar-refractivity contribution >= 4 is 11.8 Å². The van der Waals surface area contributed by atoms with Crippen LogP contribution in [-0.4, -0.2) is 28.9 Å². The zero-order valence-electron chi connectivity index (χ0n) is 7.36. The topological polar surface area (TPSA) is 79.0 Å². The lowest BCUT2D eigenvalue weighted by Crippen LogP contribution is -2.37. The first-order valence-corrected chi connectivity index (χ1v) is 4.21. The van der Waals surface area contributed by atoms with Crippen molar-refractivity contribution in [1.82, 2.24) is 15.5 Å². The van der Waals surface area contributed by atoms with Gasteiger partial charge in [0.05, 0.1) is 19.0 Å². The number of nitrogens with one attached hydrogen (secondary N) is 3. The molecule has 6 heteroatoms. The third-order valence-electron chi connectivity index (χ3n) is 1.76. The number of aromatic nitrogens is 2. The summed E-state index contributed by atoms with van der Waals surface area (Å²) in [6.45, 7) is 0.469. The Balaban J connectivity index is 1.70. The van der Waals surface area contributed by atoms with Gasteiger partial charge < -0.3 is 10.1 Å². The third kappa shape index (κ3) is 2.03. The van der Waals surface area contributed by atoms with Gasteiger partial charge in [0.2, 0.25) is 0 Å². The monoisotopic (exact) mass is 194 g/mol. The van der Waals surface area contributed by atoms with Gasteiger partial charge in [0.15, 0.2) is 0 Å².